The highest BCUT2D eigenvalue weighted by Crippen LogP contribution is 2.38. The van der Waals surface area contributed by atoms with Crippen LogP contribution in [0, 0.1) is 0 Å². The van der Waals surface area contributed by atoms with Crippen molar-refractivity contribution in [3.05, 3.63) is 36.5 Å². The summed E-state index contributed by atoms with van der Waals surface area (Å²) in [7, 11) is 1.14. The molecule has 0 aromatic carbocycles. The number of hydrogen-bond donors (Lipinski definition) is 0. The minimum Gasteiger partial charge on any atom is -0.756 e. The minimum absolute atomic E-state index is 0.0376. The summed E-state index contributed by atoms with van der Waals surface area (Å²) < 4.78 is 33.8. The van der Waals surface area contributed by atoms with Gasteiger partial charge in [0.2, 0.25) is 0 Å². The number of nitrogens with zero attached hydrogens (tertiary/aromatic N) is 1. The van der Waals surface area contributed by atoms with Gasteiger partial charge in [-0.25, -0.2) is 0 Å². The van der Waals surface area contributed by atoms with E-state index in [4.69, 9.17) is 18.5 Å². The summed E-state index contributed by atoms with van der Waals surface area (Å²) in [5.74, 6) is -0.878. The smallest absolute Gasteiger partial charge is 0.306 e. The molecule has 0 rings (SSSR count). The Morgan fingerprint density at radius 1 is 0.596 bits per heavy atom. The van der Waals surface area contributed by atoms with E-state index >= 15 is 0 Å². The van der Waals surface area contributed by atoms with Crippen molar-refractivity contribution >= 4 is 19.8 Å². The second-order valence-corrected chi connectivity index (χ2v) is 16.4. The third-order valence-electron chi connectivity index (χ3n) is 8.66. The molecule has 52 heavy (non-hydrogen) atoms. The lowest BCUT2D eigenvalue weighted by atomic mass is 10.0. The van der Waals surface area contributed by atoms with Gasteiger partial charge in [-0.05, 0) is 51.4 Å². The molecule has 0 aromatic heterocycles. The lowest BCUT2D eigenvalue weighted by molar-refractivity contribution is -0.870. The molecule has 0 saturated heterocycles. The van der Waals surface area contributed by atoms with Crippen molar-refractivity contribution in [2.24, 2.45) is 0 Å². The number of likely N-dealkylation sites (N-methyl/N-ethyl adjacent to an activating group) is 1. The Bertz CT molecular complexity index is 991. The van der Waals surface area contributed by atoms with E-state index in [1.165, 1.54) is 83.5 Å². The summed E-state index contributed by atoms with van der Waals surface area (Å²) >= 11 is 0. The Labute approximate surface area is 319 Å². The number of ether oxygens (including phenoxy) is 2. The molecule has 0 aromatic rings. The van der Waals surface area contributed by atoms with E-state index < -0.39 is 32.5 Å². The van der Waals surface area contributed by atoms with Gasteiger partial charge in [-0.3, -0.25) is 14.2 Å². The Morgan fingerprint density at radius 3 is 1.58 bits per heavy atom. The maximum Gasteiger partial charge on any atom is 0.306 e. The topological polar surface area (TPSA) is 111 Å². The zero-order valence-corrected chi connectivity index (χ0v) is 34.9. The molecule has 0 aliphatic heterocycles. The largest absolute Gasteiger partial charge is 0.756 e. The first-order valence-electron chi connectivity index (χ1n) is 20.7. The van der Waals surface area contributed by atoms with Gasteiger partial charge in [0.05, 0.1) is 27.7 Å². The van der Waals surface area contributed by atoms with Gasteiger partial charge in [-0.15, -0.1) is 0 Å². The molecule has 0 amide bonds. The van der Waals surface area contributed by atoms with Crippen LogP contribution in [0.25, 0.3) is 0 Å². The van der Waals surface area contributed by atoms with E-state index in [-0.39, 0.29) is 26.1 Å². The average molecular weight is 756 g/mol. The third-order valence-corrected chi connectivity index (χ3v) is 9.63. The Balaban J connectivity index is 4.47. The van der Waals surface area contributed by atoms with E-state index in [9.17, 15) is 19.0 Å². The maximum absolute atomic E-state index is 12.6. The first-order valence-corrected chi connectivity index (χ1v) is 22.2. The lowest BCUT2D eigenvalue weighted by Crippen LogP contribution is -2.37. The molecule has 10 heteroatoms. The summed E-state index contributed by atoms with van der Waals surface area (Å²) in [5, 5.41) is 0. The Hall–Kier alpha value is -1.77. The highest BCUT2D eigenvalue weighted by molar-refractivity contribution is 7.45. The molecule has 2 atom stereocenters. The summed E-state index contributed by atoms with van der Waals surface area (Å²) in [4.78, 5) is 37.4. The van der Waals surface area contributed by atoms with Gasteiger partial charge >= 0.3 is 11.9 Å². The zero-order valence-electron chi connectivity index (χ0n) is 34.0. The van der Waals surface area contributed by atoms with Crippen LogP contribution in [0.4, 0.5) is 0 Å². The number of quaternary nitrogens is 1. The molecule has 0 aliphatic rings. The van der Waals surface area contributed by atoms with Crippen molar-refractivity contribution in [3.8, 4) is 0 Å². The van der Waals surface area contributed by atoms with E-state index in [1.54, 1.807) is 0 Å². The van der Waals surface area contributed by atoms with Crippen LogP contribution in [0.5, 0.6) is 0 Å². The highest BCUT2D eigenvalue weighted by atomic mass is 31.2. The molecule has 0 bridgehead atoms. The van der Waals surface area contributed by atoms with Crippen LogP contribution in [0.15, 0.2) is 36.5 Å². The summed E-state index contributed by atoms with van der Waals surface area (Å²) in [5.41, 5.74) is 0. The first-order chi connectivity index (χ1) is 25.0. The quantitative estimate of drug-likeness (QED) is 0.0203. The average Bonchev–Trinajstić information content (AvgIpc) is 3.09. The van der Waals surface area contributed by atoms with Crippen molar-refractivity contribution < 1.29 is 42.1 Å². The summed E-state index contributed by atoms with van der Waals surface area (Å²) in [6.45, 7) is 4.14. The molecule has 0 aliphatic carbocycles. The minimum atomic E-state index is -4.63. The number of carbonyl (C=O) groups excluding carboxylic acids is 2. The molecular weight excluding hydrogens is 677 g/mol. The van der Waals surface area contributed by atoms with E-state index in [0.29, 0.717) is 17.4 Å². The Morgan fingerprint density at radius 2 is 1.04 bits per heavy atom. The van der Waals surface area contributed by atoms with Crippen molar-refractivity contribution in [1.82, 2.24) is 0 Å². The number of phosphoric ester groups is 1. The Kier molecular flexibility index (Phi) is 33.8. The van der Waals surface area contributed by atoms with Crippen LogP contribution in [0.1, 0.15) is 168 Å². The lowest BCUT2D eigenvalue weighted by Gasteiger charge is -2.28. The van der Waals surface area contributed by atoms with Crippen LogP contribution < -0.4 is 4.89 Å². The number of unbranched alkanes of at least 4 members (excludes halogenated alkanes) is 17. The van der Waals surface area contributed by atoms with Gasteiger partial charge in [-0.2, -0.15) is 0 Å². The molecule has 304 valence electrons. The molecule has 0 heterocycles. The fraction of sp³-hybridized carbons (Fsp3) is 0.810. The van der Waals surface area contributed by atoms with Crippen LogP contribution in [0.3, 0.4) is 0 Å². The zero-order chi connectivity index (χ0) is 38.6. The monoisotopic (exact) mass is 756 g/mol. The normalized spacial score (nSPS) is 14.0. The summed E-state index contributed by atoms with van der Waals surface area (Å²) in [6, 6.07) is 0. The van der Waals surface area contributed by atoms with E-state index in [1.807, 2.05) is 21.1 Å². The summed E-state index contributed by atoms with van der Waals surface area (Å²) in [6.07, 6.45) is 37.4. The van der Waals surface area contributed by atoms with E-state index in [0.717, 1.165) is 51.4 Å². The molecule has 0 fully saturated rings. The highest BCUT2D eigenvalue weighted by Gasteiger charge is 2.21. The first kappa shape index (κ1) is 50.2. The van der Waals surface area contributed by atoms with E-state index in [2.05, 4.69) is 50.3 Å². The van der Waals surface area contributed by atoms with Gasteiger partial charge < -0.3 is 27.9 Å². The predicted molar refractivity (Wildman–Crippen MR) is 213 cm³/mol. The van der Waals surface area contributed by atoms with Crippen LogP contribution in [-0.2, 0) is 32.7 Å². The molecule has 0 N–H and O–H groups in total. The SMILES string of the molecule is CCCCC/C=C/C/C=C/C/C=C/CCCCC(=O)O[C@H](COC(=O)CCCCCCCCCCCCCCC)COP(=O)([O-])OCC[N+](C)(C)C. The fourth-order valence-corrected chi connectivity index (χ4v) is 6.09. The maximum atomic E-state index is 12.6. The van der Waals surface area contributed by atoms with Gasteiger partial charge in [0, 0.05) is 12.8 Å². The predicted octanol–water partition coefficient (Wildman–Crippen LogP) is 10.7. The van der Waals surface area contributed by atoms with Gasteiger partial charge in [0.15, 0.2) is 6.10 Å². The second-order valence-electron chi connectivity index (χ2n) is 15.0. The molecule has 1 unspecified atom stereocenters. The van der Waals surface area contributed by atoms with Gasteiger partial charge in [-0.1, -0.05) is 140 Å². The number of carbonyl (C=O) groups is 2. The van der Waals surface area contributed by atoms with Gasteiger partial charge in [0.1, 0.15) is 19.8 Å². The van der Waals surface area contributed by atoms with Crippen molar-refractivity contribution in [2.75, 3.05) is 47.5 Å². The fourth-order valence-electron chi connectivity index (χ4n) is 5.37. The third kappa shape index (κ3) is 38.0. The van der Waals surface area contributed by atoms with Crippen LogP contribution >= 0.6 is 7.82 Å². The molecular formula is C42H78NO8P. The molecule has 0 saturated carbocycles. The molecule has 0 radical (unpaired) electrons. The number of hydrogen-bond acceptors (Lipinski definition) is 8. The number of esters is 2. The number of allylic oxidation sites excluding steroid dienone is 6. The molecule has 9 nitrogen and oxygen atoms in total. The number of rotatable bonds is 37. The van der Waals surface area contributed by atoms with Crippen LogP contribution in [-0.4, -0.2) is 70.0 Å². The van der Waals surface area contributed by atoms with Crippen LogP contribution in [0.2, 0.25) is 0 Å². The number of phosphoric acid groups is 1. The van der Waals surface area contributed by atoms with Gasteiger partial charge in [0.25, 0.3) is 7.82 Å². The molecule has 0 spiro atoms. The van der Waals surface area contributed by atoms with Crippen molar-refractivity contribution in [2.45, 2.75) is 174 Å². The van der Waals surface area contributed by atoms with Crippen molar-refractivity contribution in [3.63, 3.8) is 0 Å². The second kappa shape index (κ2) is 35.0. The van der Waals surface area contributed by atoms with Crippen molar-refractivity contribution in [1.29, 1.82) is 0 Å². The standard InChI is InChI=1S/C42H78NO8P/c1-6-8-10-12-14-16-18-20-21-23-25-27-29-31-33-35-42(45)51-40(39-50-52(46,47)49-37-36-43(3,4)5)38-48-41(44)34-32-30-28-26-24-22-19-17-15-13-11-9-7-2/h14,16,20-21,25,27,40H,6-13,15,17-19,22-24,26,28-39H2,1-5H3/b16-14+,21-20+,27-25+/t40-/m1/s1.